The Morgan fingerprint density at radius 3 is 2.88 bits per heavy atom. The van der Waals surface area contributed by atoms with Crippen molar-refractivity contribution < 1.29 is 4.74 Å². The molecule has 2 heterocycles. The Kier molecular flexibility index (Phi) is 4.37. The Balaban J connectivity index is 2.09. The van der Waals surface area contributed by atoms with Crippen LogP contribution in [0.5, 0.6) is 5.88 Å². The van der Waals surface area contributed by atoms with Gasteiger partial charge in [-0.2, -0.15) is 0 Å². The maximum Gasteiger partial charge on any atom is 0.213 e. The molecule has 3 heteroatoms. The summed E-state index contributed by atoms with van der Waals surface area (Å²) in [5, 5.41) is 0. The fraction of sp³-hybridized carbons (Fsp3) is 0.643. The third-order valence-electron chi connectivity index (χ3n) is 3.46. The summed E-state index contributed by atoms with van der Waals surface area (Å²) in [6, 6.07) is 4.70. The summed E-state index contributed by atoms with van der Waals surface area (Å²) in [5.74, 6) is 0.732. The molecule has 1 aliphatic heterocycles. The second-order valence-corrected chi connectivity index (χ2v) is 4.50. The normalized spacial score (nSPS) is 21.4. The number of hydrogen-bond donors (Lipinski definition) is 0. The Morgan fingerprint density at radius 2 is 2.24 bits per heavy atom. The molecule has 0 bridgehead atoms. The van der Waals surface area contributed by atoms with Crippen LogP contribution in [0.25, 0.3) is 0 Å². The van der Waals surface area contributed by atoms with Crippen LogP contribution in [0.2, 0.25) is 0 Å². The second-order valence-electron chi connectivity index (χ2n) is 4.50. The first-order chi connectivity index (χ1) is 8.35. The molecule has 0 aromatic carbocycles. The van der Waals surface area contributed by atoms with E-state index in [1.54, 1.807) is 0 Å². The summed E-state index contributed by atoms with van der Waals surface area (Å²) in [6.07, 6.45) is 5.89. The van der Waals surface area contributed by atoms with Gasteiger partial charge in [0.25, 0.3) is 0 Å². The highest BCUT2D eigenvalue weighted by molar-refractivity contribution is 5.21. The first-order valence-corrected chi connectivity index (χ1v) is 6.68. The van der Waals surface area contributed by atoms with Gasteiger partial charge in [0.1, 0.15) is 0 Å². The third-order valence-corrected chi connectivity index (χ3v) is 3.46. The average Bonchev–Trinajstić information content (AvgIpc) is 2.40. The zero-order valence-electron chi connectivity index (χ0n) is 10.9. The van der Waals surface area contributed by atoms with Gasteiger partial charge in [0, 0.05) is 18.3 Å². The van der Waals surface area contributed by atoms with Crippen LogP contribution in [-0.2, 0) is 0 Å². The van der Waals surface area contributed by atoms with E-state index in [0.29, 0.717) is 12.6 Å². The molecule has 1 aromatic rings. The van der Waals surface area contributed by atoms with E-state index in [-0.39, 0.29) is 0 Å². The fourth-order valence-corrected chi connectivity index (χ4v) is 2.57. The van der Waals surface area contributed by atoms with Crippen LogP contribution < -0.4 is 4.74 Å². The molecule has 1 saturated heterocycles. The maximum absolute atomic E-state index is 5.38. The maximum atomic E-state index is 5.38. The van der Waals surface area contributed by atoms with Gasteiger partial charge in [-0.1, -0.05) is 19.4 Å². The Bertz CT molecular complexity index is 337. The topological polar surface area (TPSA) is 25.4 Å². The number of nitrogens with zero attached hydrogens (tertiary/aromatic N) is 2. The van der Waals surface area contributed by atoms with Gasteiger partial charge >= 0.3 is 0 Å². The first kappa shape index (κ1) is 12.4. The predicted molar refractivity (Wildman–Crippen MR) is 69.2 cm³/mol. The number of ether oxygens (including phenoxy) is 1. The molecule has 0 amide bonds. The molecule has 1 aromatic heterocycles. The van der Waals surface area contributed by atoms with E-state index in [9.17, 15) is 0 Å². The number of piperidine rings is 1. The van der Waals surface area contributed by atoms with Crippen molar-refractivity contribution in [3.8, 4) is 5.88 Å². The lowest BCUT2D eigenvalue weighted by molar-refractivity contribution is 0.157. The van der Waals surface area contributed by atoms with Crippen LogP contribution in [0, 0.1) is 0 Å². The molecule has 94 valence electrons. The highest BCUT2D eigenvalue weighted by Crippen LogP contribution is 2.30. The second kappa shape index (κ2) is 6.01. The van der Waals surface area contributed by atoms with E-state index < -0.39 is 0 Å². The molecule has 2 rings (SSSR count). The summed E-state index contributed by atoms with van der Waals surface area (Å²) in [6.45, 7) is 7.24. The third kappa shape index (κ3) is 2.97. The van der Waals surface area contributed by atoms with E-state index in [0.717, 1.165) is 12.4 Å². The van der Waals surface area contributed by atoms with Crippen molar-refractivity contribution in [2.75, 3.05) is 19.7 Å². The monoisotopic (exact) mass is 234 g/mol. The number of likely N-dealkylation sites (tertiary alicyclic amines) is 1. The summed E-state index contributed by atoms with van der Waals surface area (Å²) >= 11 is 0. The number of hydrogen-bond acceptors (Lipinski definition) is 3. The molecule has 3 nitrogen and oxygen atoms in total. The Labute approximate surface area is 104 Å². The van der Waals surface area contributed by atoms with Gasteiger partial charge in [0.05, 0.1) is 6.61 Å². The molecule has 0 radical (unpaired) electrons. The van der Waals surface area contributed by atoms with Gasteiger partial charge < -0.3 is 4.74 Å². The molecule has 0 N–H and O–H groups in total. The minimum absolute atomic E-state index is 0.553. The van der Waals surface area contributed by atoms with E-state index in [1.807, 2.05) is 19.2 Å². The van der Waals surface area contributed by atoms with Crippen molar-refractivity contribution in [3.05, 3.63) is 23.9 Å². The van der Waals surface area contributed by atoms with Gasteiger partial charge in [-0.25, -0.2) is 4.98 Å². The van der Waals surface area contributed by atoms with Crippen LogP contribution in [0.1, 0.15) is 44.7 Å². The summed E-state index contributed by atoms with van der Waals surface area (Å²) < 4.78 is 5.38. The molecule has 0 spiro atoms. The van der Waals surface area contributed by atoms with Crippen molar-refractivity contribution in [1.29, 1.82) is 0 Å². The smallest absolute Gasteiger partial charge is 0.213 e. The molecule has 1 fully saturated rings. The van der Waals surface area contributed by atoms with Crippen LogP contribution in [-0.4, -0.2) is 29.6 Å². The SMILES string of the molecule is CCOc1ccc([C@H]2CCCCN2CC)cn1. The van der Waals surface area contributed by atoms with Crippen LogP contribution in [0.3, 0.4) is 0 Å². The minimum Gasteiger partial charge on any atom is -0.478 e. The van der Waals surface area contributed by atoms with E-state index in [2.05, 4.69) is 22.9 Å². The van der Waals surface area contributed by atoms with Gasteiger partial charge in [-0.3, -0.25) is 4.90 Å². The van der Waals surface area contributed by atoms with E-state index in [1.165, 1.54) is 31.4 Å². The van der Waals surface area contributed by atoms with Crippen molar-refractivity contribution in [2.24, 2.45) is 0 Å². The van der Waals surface area contributed by atoms with Gasteiger partial charge in [-0.05, 0) is 38.4 Å². The molecular weight excluding hydrogens is 212 g/mol. The Morgan fingerprint density at radius 1 is 1.35 bits per heavy atom. The summed E-state index contributed by atoms with van der Waals surface area (Å²) in [5.41, 5.74) is 1.33. The zero-order valence-corrected chi connectivity index (χ0v) is 10.9. The van der Waals surface area contributed by atoms with Gasteiger partial charge in [0.15, 0.2) is 0 Å². The molecule has 0 aliphatic carbocycles. The molecule has 1 atom stereocenters. The quantitative estimate of drug-likeness (QED) is 0.800. The number of pyridine rings is 1. The van der Waals surface area contributed by atoms with Crippen LogP contribution >= 0.6 is 0 Å². The average molecular weight is 234 g/mol. The lowest BCUT2D eigenvalue weighted by Crippen LogP contribution is -2.33. The fourth-order valence-electron chi connectivity index (χ4n) is 2.57. The Hall–Kier alpha value is -1.09. The molecule has 17 heavy (non-hydrogen) atoms. The predicted octanol–water partition coefficient (Wildman–Crippen LogP) is 3.03. The van der Waals surface area contributed by atoms with Crippen molar-refractivity contribution in [3.63, 3.8) is 0 Å². The standard InChI is InChI=1S/C14H22N2O/c1-3-16-10-6-5-7-13(16)12-8-9-14(15-11-12)17-4-2/h8-9,11,13H,3-7,10H2,1-2H3/t13-/m1/s1. The lowest BCUT2D eigenvalue weighted by atomic mass is 9.96. The lowest BCUT2D eigenvalue weighted by Gasteiger charge is -2.35. The summed E-state index contributed by atoms with van der Waals surface area (Å²) in [7, 11) is 0. The molecule has 0 saturated carbocycles. The molecular formula is C14H22N2O. The van der Waals surface area contributed by atoms with Crippen molar-refractivity contribution in [2.45, 2.75) is 39.2 Å². The first-order valence-electron chi connectivity index (χ1n) is 6.68. The minimum atomic E-state index is 0.553. The number of aromatic nitrogens is 1. The van der Waals surface area contributed by atoms with E-state index in [4.69, 9.17) is 4.74 Å². The van der Waals surface area contributed by atoms with Crippen LogP contribution in [0.4, 0.5) is 0 Å². The highest BCUT2D eigenvalue weighted by Gasteiger charge is 2.22. The van der Waals surface area contributed by atoms with Crippen molar-refractivity contribution >= 4 is 0 Å². The highest BCUT2D eigenvalue weighted by atomic mass is 16.5. The van der Waals surface area contributed by atoms with Crippen LogP contribution in [0.15, 0.2) is 18.3 Å². The molecule has 0 unspecified atom stereocenters. The van der Waals surface area contributed by atoms with Gasteiger partial charge in [-0.15, -0.1) is 0 Å². The molecule has 1 aliphatic rings. The largest absolute Gasteiger partial charge is 0.478 e. The zero-order chi connectivity index (χ0) is 12.1. The van der Waals surface area contributed by atoms with E-state index >= 15 is 0 Å². The van der Waals surface area contributed by atoms with Crippen molar-refractivity contribution in [1.82, 2.24) is 9.88 Å². The number of rotatable bonds is 4. The summed E-state index contributed by atoms with van der Waals surface area (Å²) in [4.78, 5) is 6.91. The van der Waals surface area contributed by atoms with Gasteiger partial charge in [0.2, 0.25) is 5.88 Å².